The lowest BCUT2D eigenvalue weighted by molar-refractivity contribution is -0.134. The lowest BCUT2D eigenvalue weighted by atomic mass is 9.85. The van der Waals surface area contributed by atoms with Gasteiger partial charge in [0, 0.05) is 38.1 Å². The van der Waals surface area contributed by atoms with Gasteiger partial charge in [-0.15, -0.1) is 0 Å². The van der Waals surface area contributed by atoms with Crippen LogP contribution in [0.3, 0.4) is 0 Å². The molecule has 1 aliphatic heterocycles. The zero-order valence-electron chi connectivity index (χ0n) is 18.6. The van der Waals surface area contributed by atoms with Crippen molar-refractivity contribution in [2.24, 2.45) is 18.4 Å². The Balaban J connectivity index is 1.61. The number of hydrogen-bond donors (Lipinski definition) is 2. The summed E-state index contributed by atoms with van der Waals surface area (Å²) < 4.78 is 1.67. The van der Waals surface area contributed by atoms with Gasteiger partial charge < -0.3 is 15.2 Å². The Hall–Kier alpha value is -3.74. The summed E-state index contributed by atoms with van der Waals surface area (Å²) in [5.74, 6) is -0.742. The maximum atomic E-state index is 13.2. The van der Waals surface area contributed by atoms with Crippen LogP contribution < -0.4 is 5.32 Å². The number of carbonyl (C=O) groups excluding carboxylic acids is 2. The molecule has 0 aromatic carbocycles. The molecule has 0 radical (unpaired) electrons. The zero-order valence-corrected chi connectivity index (χ0v) is 18.6. The summed E-state index contributed by atoms with van der Waals surface area (Å²) in [7, 11) is 1.81. The van der Waals surface area contributed by atoms with Gasteiger partial charge in [0.1, 0.15) is 11.6 Å². The fraction of sp³-hybridized carbons (Fsp3) is 0.455. The van der Waals surface area contributed by atoms with Gasteiger partial charge >= 0.3 is 0 Å². The van der Waals surface area contributed by atoms with Crippen LogP contribution in [0.15, 0.2) is 24.8 Å². The number of carbonyl (C=O) groups is 2. The van der Waals surface area contributed by atoms with Crippen LogP contribution in [-0.2, 0) is 11.8 Å². The molecular formula is C22H26N8O2. The van der Waals surface area contributed by atoms with Gasteiger partial charge in [0.25, 0.3) is 5.91 Å². The minimum Gasteiger partial charge on any atom is -0.344 e. The predicted molar refractivity (Wildman–Crippen MR) is 117 cm³/mol. The molecule has 3 aromatic rings. The van der Waals surface area contributed by atoms with Crippen molar-refractivity contribution in [2.45, 2.75) is 33.2 Å². The van der Waals surface area contributed by atoms with Crippen molar-refractivity contribution in [3.05, 3.63) is 30.4 Å². The third-order valence-electron chi connectivity index (χ3n) is 5.70. The summed E-state index contributed by atoms with van der Waals surface area (Å²) in [5.41, 5.74) is 2.10. The summed E-state index contributed by atoms with van der Waals surface area (Å²) in [6, 6.07) is 1.48. The largest absolute Gasteiger partial charge is 0.344 e. The fourth-order valence-corrected chi connectivity index (χ4v) is 3.86. The van der Waals surface area contributed by atoms with E-state index in [9.17, 15) is 9.59 Å². The van der Waals surface area contributed by atoms with Gasteiger partial charge in [-0.1, -0.05) is 20.8 Å². The van der Waals surface area contributed by atoms with Crippen molar-refractivity contribution in [3.63, 3.8) is 0 Å². The fourth-order valence-electron chi connectivity index (χ4n) is 3.86. The standard InChI is InChI=1S/C22H26N8O2/c1-22(2,3)18(21(32)30-6-5-13(7-23)11-30)28-20(31)15-9-24-19-17(15)27-16(10-25-19)14-8-26-29(4)12-14/h8-10,12-13,18H,5-6,11H2,1-4H3,(H,24,25)(H,28,31)/t13-,18-/m0/s1. The molecule has 1 fully saturated rings. The number of nitriles is 1. The molecule has 0 unspecified atom stereocenters. The van der Waals surface area contributed by atoms with E-state index in [2.05, 4.69) is 31.4 Å². The van der Waals surface area contributed by atoms with E-state index in [4.69, 9.17) is 5.26 Å². The first-order valence-electron chi connectivity index (χ1n) is 10.5. The zero-order chi connectivity index (χ0) is 23.0. The molecule has 0 aliphatic carbocycles. The monoisotopic (exact) mass is 434 g/mol. The first kappa shape index (κ1) is 21.5. The molecule has 2 amide bonds. The average Bonchev–Trinajstić information content (AvgIpc) is 3.49. The highest BCUT2D eigenvalue weighted by Crippen LogP contribution is 2.26. The molecule has 0 spiro atoms. The Bertz CT molecular complexity index is 1210. The van der Waals surface area contributed by atoms with Crippen LogP contribution in [0.4, 0.5) is 0 Å². The quantitative estimate of drug-likeness (QED) is 0.644. The second kappa shape index (κ2) is 8.07. The number of amides is 2. The van der Waals surface area contributed by atoms with Gasteiger partial charge in [-0.3, -0.25) is 14.3 Å². The highest BCUT2D eigenvalue weighted by atomic mass is 16.2. The molecule has 4 rings (SSSR count). The maximum Gasteiger partial charge on any atom is 0.255 e. The summed E-state index contributed by atoms with van der Waals surface area (Å²) in [6.07, 6.45) is 7.33. The van der Waals surface area contributed by atoms with Gasteiger partial charge in [-0.25, -0.2) is 9.97 Å². The van der Waals surface area contributed by atoms with Gasteiger partial charge in [-0.2, -0.15) is 10.4 Å². The summed E-state index contributed by atoms with van der Waals surface area (Å²) in [5, 5.41) is 16.2. The number of rotatable bonds is 4. The molecule has 3 aromatic heterocycles. The van der Waals surface area contributed by atoms with Crippen LogP contribution in [0.2, 0.25) is 0 Å². The first-order valence-corrected chi connectivity index (χ1v) is 10.5. The lowest BCUT2D eigenvalue weighted by Gasteiger charge is -2.33. The molecule has 4 heterocycles. The molecule has 2 N–H and O–H groups in total. The predicted octanol–water partition coefficient (Wildman–Crippen LogP) is 1.87. The molecule has 32 heavy (non-hydrogen) atoms. The number of nitrogens with one attached hydrogen (secondary N) is 2. The van der Waals surface area contributed by atoms with Crippen molar-refractivity contribution in [1.29, 1.82) is 5.26 Å². The number of nitrogens with zero attached hydrogens (tertiary/aromatic N) is 6. The minimum absolute atomic E-state index is 0.162. The van der Waals surface area contributed by atoms with Crippen molar-refractivity contribution >= 4 is 23.0 Å². The van der Waals surface area contributed by atoms with E-state index in [1.54, 1.807) is 28.2 Å². The molecule has 0 bridgehead atoms. The number of aromatic amines is 1. The normalized spacial score (nSPS) is 17.3. The summed E-state index contributed by atoms with van der Waals surface area (Å²) in [4.78, 5) is 40.1. The SMILES string of the molecule is Cn1cc(-c2cnc3[nH]cc(C(=O)N[C@@H](C(=O)N4CC[C@@H](C#N)C4)C(C)(C)C)c3n2)cn1. The molecule has 166 valence electrons. The van der Waals surface area contributed by atoms with Gasteiger partial charge in [0.15, 0.2) is 5.65 Å². The number of aromatic nitrogens is 5. The second-order valence-corrected chi connectivity index (χ2v) is 9.23. The molecule has 2 atom stereocenters. The average molecular weight is 435 g/mol. The van der Waals surface area contributed by atoms with Crippen LogP contribution in [0.25, 0.3) is 22.4 Å². The number of H-pyrrole nitrogens is 1. The summed E-state index contributed by atoms with van der Waals surface area (Å²) >= 11 is 0. The second-order valence-electron chi connectivity index (χ2n) is 9.23. The van der Waals surface area contributed by atoms with E-state index >= 15 is 0 Å². The number of hydrogen-bond acceptors (Lipinski definition) is 6. The molecule has 0 saturated carbocycles. The van der Waals surface area contributed by atoms with E-state index in [1.807, 2.05) is 34.0 Å². The van der Waals surface area contributed by atoms with Crippen molar-refractivity contribution in [2.75, 3.05) is 13.1 Å². The molecule has 1 aliphatic rings. The first-order chi connectivity index (χ1) is 15.2. The Morgan fingerprint density at radius 1 is 1.34 bits per heavy atom. The molecule has 1 saturated heterocycles. The maximum absolute atomic E-state index is 13.2. The van der Waals surface area contributed by atoms with E-state index in [-0.39, 0.29) is 11.8 Å². The van der Waals surface area contributed by atoms with Gasteiger partial charge in [0.2, 0.25) is 5.91 Å². The number of likely N-dealkylation sites (tertiary alicyclic amines) is 1. The van der Waals surface area contributed by atoms with E-state index in [1.165, 1.54) is 0 Å². The van der Waals surface area contributed by atoms with Crippen LogP contribution in [-0.4, -0.2) is 60.6 Å². The number of aryl methyl sites for hydroxylation is 1. The van der Waals surface area contributed by atoms with E-state index < -0.39 is 17.4 Å². The smallest absolute Gasteiger partial charge is 0.255 e. The highest BCUT2D eigenvalue weighted by Gasteiger charge is 2.38. The van der Waals surface area contributed by atoms with Crippen LogP contribution in [0, 0.1) is 22.7 Å². The van der Waals surface area contributed by atoms with Gasteiger partial charge in [-0.05, 0) is 11.8 Å². The lowest BCUT2D eigenvalue weighted by Crippen LogP contribution is -2.54. The van der Waals surface area contributed by atoms with Crippen LogP contribution >= 0.6 is 0 Å². The van der Waals surface area contributed by atoms with Crippen LogP contribution in [0.5, 0.6) is 0 Å². The molecule has 10 heteroatoms. The van der Waals surface area contributed by atoms with Gasteiger partial charge in [0.05, 0.1) is 35.6 Å². The Morgan fingerprint density at radius 2 is 2.12 bits per heavy atom. The van der Waals surface area contributed by atoms with E-state index in [0.29, 0.717) is 41.9 Å². The van der Waals surface area contributed by atoms with Crippen molar-refractivity contribution in [1.82, 2.24) is 34.9 Å². The highest BCUT2D eigenvalue weighted by molar-refractivity contribution is 6.06. The minimum atomic E-state index is -0.744. The third-order valence-corrected chi connectivity index (χ3v) is 5.70. The summed E-state index contributed by atoms with van der Waals surface area (Å²) in [6.45, 7) is 6.63. The van der Waals surface area contributed by atoms with Crippen molar-refractivity contribution < 1.29 is 9.59 Å². The third kappa shape index (κ3) is 4.06. The Kier molecular flexibility index (Phi) is 5.42. The van der Waals surface area contributed by atoms with E-state index in [0.717, 1.165) is 5.56 Å². The topological polar surface area (TPSA) is 133 Å². The Labute approximate surface area is 185 Å². The number of fused-ring (bicyclic) bond motifs is 1. The molecule has 10 nitrogen and oxygen atoms in total. The Morgan fingerprint density at radius 3 is 2.75 bits per heavy atom. The molecular weight excluding hydrogens is 408 g/mol. The van der Waals surface area contributed by atoms with Crippen molar-refractivity contribution in [3.8, 4) is 17.3 Å². The van der Waals surface area contributed by atoms with Crippen LogP contribution in [0.1, 0.15) is 37.6 Å².